The van der Waals surface area contributed by atoms with Gasteiger partial charge in [-0.15, -0.1) is 6.58 Å². The minimum absolute atomic E-state index is 0.0242. The van der Waals surface area contributed by atoms with E-state index in [1.54, 1.807) is 11.0 Å². The lowest BCUT2D eigenvalue weighted by molar-refractivity contribution is -0.162. The predicted octanol–water partition coefficient (Wildman–Crippen LogP) is 3.99. The van der Waals surface area contributed by atoms with E-state index in [-0.39, 0.29) is 18.5 Å². The second-order valence-corrected chi connectivity index (χ2v) is 7.42. The highest BCUT2D eigenvalue weighted by Gasteiger charge is 2.51. The summed E-state index contributed by atoms with van der Waals surface area (Å²) in [5.41, 5.74) is 4.05. The molecule has 1 aliphatic heterocycles. The van der Waals surface area contributed by atoms with E-state index < -0.39 is 11.5 Å². The number of methoxy groups -OCH3 is 1. The number of benzene rings is 2. The number of hydrogen-bond donors (Lipinski definition) is 0. The summed E-state index contributed by atoms with van der Waals surface area (Å²) in [5, 5.41) is 0. The van der Waals surface area contributed by atoms with E-state index in [1.165, 1.54) is 29.4 Å². The van der Waals surface area contributed by atoms with Crippen molar-refractivity contribution in [1.29, 1.82) is 0 Å². The Morgan fingerprint density at radius 2 is 1.68 bits per heavy atom. The maximum atomic E-state index is 12.5. The van der Waals surface area contributed by atoms with Gasteiger partial charge >= 0.3 is 12.1 Å². The first-order valence-electron chi connectivity index (χ1n) is 9.39. The summed E-state index contributed by atoms with van der Waals surface area (Å²) in [7, 11) is 1.36. The van der Waals surface area contributed by atoms with Crippen LogP contribution in [0.15, 0.2) is 61.2 Å². The van der Waals surface area contributed by atoms with Gasteiger partial charge in [0, 0.05) is 19.0 Å². The molecule has 0 spiro atoms. The Kier molecular flexibility index (Phi) is 4.67. The van der Waals surface area contributed by atoms with Crippen LogP contribution in [0.25, 0.3) is 11.1 Å². The third-order valence-corrected chi connectivity index (χ3v) is 5.73. The summed E-state index contributed by atoms with van der Waals surface area (Å²) < 4.78 is 10.5. The number of carbonyl (C=O) groups is 2. The molecule has 2 aromatic carbocycles. The van der Waals surface area contributed by atoms with Gasteiger partial charge in [-0.2, -0.15) is 0 Å². The molecule has 1 saturated heterocycles. The summed E-state index contributed by atoms with van der Waals surface area (Å²) in [4.78, 5) is 26.2. The minimum Gasteiger partial charge on any atom is -0.468 e. The van der Waals surface area contributed by atoms with Crippen LogP contribution in [0.1, 0.15) is 23.5 Å². The number of hydrogen-bond acceptors (Lipinski definition) is 4. The molecule has 1 heterocycles. The molecule has 5 nitrogen and oxygen atoms in total. The number of rotatable bonds is 5. The molecule has 0 unspecified atom stereocenters. The van der Waals surface area contributed by atoms with E-state index in [1.807, 2.05) is 24.3 Å². The molecule has 0 N–H and O–H groups in total. The van der Waals surface area contributed by atoms with Crippen molar-refractivity contribution in [1.82, 2.24) is 4.90 Å². The summed E-state index contributed by atoms with van der Waals surface area (Å²) in [6.07, 6.45) is 1.77. The maximum Gasteiger partial charge on any atom is 0.409 e. The standard InChI is InChI=1S/C23H23NO4/c1-3-12-23(21(25)27-2)14-24(15-23)22(26)28-13-20-18-10-6-4-8-16(18)17-9-5-7-11-19(17)20/h3-11,20H,1,12-15H2,2H3. The average molecular weight is 377 g/mol. The van der Waals surface area contributed by atoms with Gasteiger partial charge in [-0.25, -0.2) is 4.79 Å². The molecule has 1 fully saturated rings. The van der Waals surface area contributed by atoms with Gasteiger partial charge in [0.15, 0.2) is 0 Å². The van der Waals surface area contributed by atoms with Crippen LogP contribution in [0.4, 0.5) is 4.79 Å². The minimum atomic E-state index is -0.692. The number of nitrogens with zero attached hydrogens (tertiary/aromatic N) is 1. The van der Waals surface area contributed by atoms with Gasteiger partial charge in [0.1, 0.15) is 12.0 Å². The number of fused-ring (bicyclic) bond motifs is 3. The first kappa shape index (κ1) is 18.3. The van der Waals surface area contributed by atoms with Crippen molar-refractivity contribution in [2.75, 3.05) is 26.8 Å². The first-order valence-corrected chi connectivity index (χ1v) is 9.39. The molecule has 0 atom stereocenters. The van der Waals surface area contributed by atoms with Crippen molar-refractivity contribution in [2.24, 2.45) is 5.41 Å². The Labute approximate surface area is 164 Å². The SMILES string of the molecule is C=CCC1(C(=O)OC)CN(C(=O)OCC2c3ccccc3-c3ccccc32)C1. The first-order chi connectivity index (χ1) is 13.6. The predicted molar refractivity (Wildman–Crippen MR) is 106 cm³/mol. The highest BCUT2D eigenvalue weighted by atomic mass is 16.6. The van der Waals surface area contributed by atoms with Crippen LogP contribution < -0.4 is 0 Å². The Morgan fingerprint density at radius 1 is 1.11 bits per heavy atom. The Morgan fingerprint density at radius 3 is 2.21 bits per heavy atom. The van der Waals surface area contributed by atoms with Crippen molar-refractivity contribution in [2.45, 2.75) is 12.3 Å². The molecule has 4 rings (SSSR count). The zero-order valence-corrected chi connectivity index (χ0v) is 15.9. The van der Waals surface area contributed by atoms with Crippen molar-refractivity contribution in [3.05, 3.63) is 72.3 Å². The normalized spacial score (nSPS) is 16.5. The average Bonchev–Trinajstić information content (AvgIpc) is 3.02. The number of amides is 1. The largest absolute Gasteiger partial charge is 0.468 e. The number of ether oxygens (including phenoxy) is 2. The lowest BCUT2D eigenvalue weighted by Crippen LogP contribution is -2.62. The van der Waals surface area contributed by atoms with Gasteiger partial charge in [-0.3, -0.25) is 4.79 Å². The van der Waals surface area contributed by atoms with Crippen LogP contribution in [-0.2, 0) is 14.3 Å². The summed E-state index contributed by atoms with van der Waals surface area (Å²) in [6, 6.07) is 16.4. The van der Waals surface area contributed by atoms with Crippen molar-refractivity contribution in [3.8, 4) is 11.1 Å². The zero-order valence-electron chi connectivity index (χ0n) is 15.9. The fourth-order valence-corrected chi connectivity index (χ4v) is 4.33. The van der Waals surface area contributed by atoms with Crippen molar-refractivity contribution >= 4 is 12.1 Å². The molecule has 28 heavy (non-hydrogen) atoms. The van der Waals surface area contributed by atoms with E-state index in [4.69, 9.17) is 9.47 Å². The van der Waals surface area contributed by atoms with Gasteiger partial charge in [-0.1, -0.05) is 54.6 Å². The summed E-state index contributed by atoms with van der Waals surface area (Å²) in [5.74, 6) is -0.286. The van der Waals surface area contributed by atoms with E-state index in [0.29, 0.717) is 19.5 Å². The molecule has 144 valence electrons. The molecule has 2 aromatic rings. The van der Waals surface area contributed by atoms with E-state index in [2.05, 4.69) is 30.8 Å². The molecule has 2 aliphatic rings. The monoisotopic (exact) mass is 377 g/mol. The van der Waals surface area contributed by atoms with Gasteiger partial charge in [-0.05, 0) is 28.7 Å². The molecular formula is C23H23NO4. The van der Waals surface area contributed by atoms with Crippen molar-refractivity contribution < 1.29 is 19.1 Å². The Balaban J connectivity index is 1.44. The van der Waals surface area contributed by atoms with E-state index in [9.17, 15) is 9.59 Å². The lowest BCUT2D eigenvalue weighted by atomic mass is 9.77. The fraction of sp³-hybridized carbons (Fsp3) is 0.304. The molecular weight excluding hydrogens is 354 g/mol. The maximum absolute atomic E-state index is 12.5. The molecule has 0 aromatic heterocycles. The summed E-state index contributed by atoms with van der Waals surface area (Å²) in [6.45, 7) is 4.56. The van der Waals surface area contributed by atoms with Crippen LogP contribution in [0.5, 0.6) is 0 Å². The second-order valence-electron chi connectivity index (χ2n) is 7.42. The van der Waals surface area contributed by atoms with Gasteiger partial charge in [0.25, 0.3) is 0 Å². The van der Waals surface area contributed by atoms with Crippen LogP contribution in [0, 0.1) is 5.41 Å². The number of allylic oxidation sites excluding steroid dienone is 1. The van der Waals surface area contributed by atoms with Crippen molar-refractivity contribution in [3.63, 3.8) is 0 Å². The number of esters is 1. The fourth-order valence-electron chi connectivity index (χ4n) is 4.33. The molecule has 5 heteroatoms. The molecule has 0 bridgehead atoms. The third kappa shape index (κ3) is 2.87. The molecule has 0 saturated carbocycles. The highest BCUT2D eigenvalue weighted by Crippen LogP contribution is 2.44. The van der Waals surface area contributed by atoms with Gasteiger partial charge < -0.3 is 14.4 Å². The second kappa shape index (κ2) is 7.15. The van der Waals surface area contributed by atoms with Gasteiger partial charge in [0.05, 0.1) is 7.11 Å². The highest BCUT2D eigenvalue weighted by molar-refractivity contribution is 5.82. The zero-order chi connectivity index (χ0) is 19.7. The molecule has 0 radical (unpaired) electrons. The number of likely N-dealkylation sites (tertiary alicyclic amines) is 1. The Hall–Kier alpha value is -3.08. The van der Waals surface area contributed by atoms with Crippen LogP contribution >= 0.6 is 0 Å². The molecule has 1 amide bonds. The smallest absolute Gasteiger partial charge is 0.409 e. The van der Waals surface area contributed by atoms with E-state index >= 15 is 0 Å². The van der Waals surface area contributed by atoms with E-state index in [0.717, 1.165) is 0 Å². The molecule has 1 aliphatic carbocycles. The Bertz CT molecular complexity index is 884. The van der Waals surface area contributed by atoms with Crippen LogP contribution in [-0.4, -0.2) is 43.8 Å². The lowest BCUT2D eigenvalue weighted by Gasteiger charge is -2.46. The summed E-state index contributed by atoms with van der Waals surface area (Å²) >= 11 is 0. The van der Waals surface area contributed by atoms with Crippen LogP contribution in [0.2, 0.25) is 0 Å². The number of carbonyl (C=O) groups excluding carboxylic acids is 2. The quantitative estimate of drug-likeness (QED) is 0.584. The third-order valence-electron chi connectivity index (χ3n) is 5.73. The van der Waals surface area contributed by atoms with Crippen LogP contribution in [0.3, 0.4) is 0 Å². The van der Waals surface area contributed by atoms with Gasteiger partial charge in [0.2, 0.25) is 0 Å². The topological polar surface area (TPSA) is 55.8 Å².